The summed E-state index contributed by atoms with van der Waals surface area (Å²) in [6.07, 6.45) is 0. The molecule has 0 saturated heterocycles. The van der Waals surface area contributed by atoms with Crippen LogP contribution in [0.25, 0.3) is 0 Å². The molecule has 0 radical (unpaired) electrons. The molecule has 0 unspecified atom stereocenters. The average molecular weight is 458 g/mol. The molecule has 1 aliphatic rings. The first-order valence-corrected chi connectivity index (χ1v) is 11.0. The predicted octanol–water partition coefficient (Wildman–Crippen LogP) is 6.08. The molecule has 0 amide bonds. The van der Waals surface area contributed by atoms with E-state index in [1.54, 1.807) is 31.2 Å². The van der Waals surface area contributed by atoms with E-state index >= 15 is 0 Å². The summed E-state index contributed by atoms with van der Waals surface area (Å²) >= 11 is 6.11. The molecular weight excluding hydrogens is 434 g/mol. The smallest absolute Gasteiger partial charge is 0.331 e. The number of nitrogens with zero attached hydrogens (tertiary/aromatic N) is 3. The van der Waals surface area contributed by atoms with Crippen LogP contribution in [-0.4, -0.2) is 19.1 Å². The molecule has 0 aliphatic carbocycles. The molecule has 1 heterocycles. The molecule has 0 bridgehead atoms. The number of esters is 1. The summed E-state index contributed by atoms with van der Waals surface area (Å²) in [5.41, 5.74) is -1.35. The number of halogens is 1. The Hall–Kier alpha value is -3.49. The van der Waals surface area contributed by atoms with Crippen LogP contribution in [0.1, 0.15) is 30.5 Å². The number of carbonyl (C=O) groups is 1. The Kier molecular flexibility index (Phi) is 5.82. The summed E-state index contributed by atoms with van der Waals surface area (Å²) < 4.78 is 5.26. The molecular formula is C27H24ClN3O2. The number of hydrogen-bond acceptors (Lipinski definition) is 5. The van der Waals surface area contributed by atoms with Crippen LogP contribution in [0, 0.1) is 16.7 Å². The minimum absolute atomic E-state index is 0.549. The highest BCUT2D eigenvalue weighted by Gasteiger charge is 2.70. The van der Waals surface area contributed by atoms with Gasteiger partial charge in [-0.15, -0.1) is 0 Å². The highest BCUT2D eigenvalue weighted by Crippen LogP contribution is 2.58. The van der Waals surface area contributed by atoms with Crippen LogP contribution in [0.5, 0.6) is 0 Å². The summed E-state index contributed by atoms with van der Waals surface area (Å²) in [5.74, 6) is -0.671. The summed E-state index contributed by atoms with van der Waals surface area (Å²) in [5, 5.41) is 20.5. The first kappa shape index (κ1) is 22.7. The Morgan fingerprint density at radius 2 is 1.52 bits per heavy atom. The fraction of sp³-hybridized carbons (Fsp3) is 0.259. The molecule has 0 aromatic heterocycles. The standard InChI is InChI=1S/C27H24ClN3O2/c1-25(19-10-6-4-7-11-19,20-12-8-5-9-13-20)23-27(18-29,24(32)33-3)26(2,31-30-23)21-14-16-22(28)17-15-21/h4-17,23H,1-3H3/t23-,26-,27+/m1/s1. The van der Waals surface area contributed by atoms with E-state index in [2.05, 4.69) is 16.3 Å². The van der Waals surface area contributed by atoms with E-state index in [0.717, 1.165) is 11.1 Å². The Balaban J connectivity index is 2.02. The van der Waals surface area contributed by atoms with Crippen LogP contribution in [0.2, 0.25) is 5.02 Å². The lowest BCUT2D eigenvalue weighted by atomic mass is 9.56. The van der Waals surface area contributed by atoms with Crippen LogP contribution >= 0.6 is 11.6 Å². The minimum atomic E-state index is -1.73. The molecule has 3 aromatic carbocycles. The van der Waals surface area contributed by atoms with Crippen molar-refractivity contribution in [2.45, 2.75) is 30.8 Å². The quantitative estimate of drug-likeness (QED) is 0.436. The van der Waals surface area contributed by atoms with Crippen molar-refractivity contribution < 1.29 is 9.53 Å². The molecule has 6 heteroatoms. The number of ether oxygens (including phenoxy) is 1. The van der Waals surface area contributed by atoms with Crippen LogP contribution in [0.15, 0.2) is 95.2 Å². The molecule has 0 fully saturated rings. The normalized spacial score (nSPS) is 24.3. The zero-order valence-corrected chi connectivity index (χ0v) is 19.5. The van der Waals surface area contributed by atoms with Crippen molar-refractivity contribution in [3.05, 3.63) is 107 Å². The SMILES string of the molecule is COC(=O)[C@]1(C#N)[C@@H](C(C)(c2ccccc2)c2ccccc2)N=N[C@]1(C)c1ccc(Cl)cc1. The second kappa shape index (κ2) is 8.46. The van der Waals surface area contributed by atoms with E-state index < -0.39 is 28.4 Å². The number of nitriles is 1. The molecule has 1 aliphatic heterocycles. The first-order chi connectivity index (χ1) is 15.8. The van der Waals surface area contributed by atoms with Gasteiger partial charge in [0.1, 0.15) is 11.6 Å². The van der Waals surface area contributed by atoms with Crippen molar-refractivity contribution in [2.75, 3.05) is 7.11 Å². The Bertz CT molecular complexity index is 1180. The van der Waals surface area contributed by atoms with E-state index in [1.165, 1.54) is 7.11 Å². The van der Waals surface area contributed by atoms with E-state index in [4.69, 9.17) is 16.3 Å². The lowest BCUT2D eigenvalue weighted by molar-refractivity contribution is -0.153. The summed E-state index contributed by atoms with van der Waals surface area (Å²) in [6, 6.07) is 28.0. The van der Waals surface area contributed by atoms with Gasteiger partial charge in [0.2, 0.25) is 5.41 Å². The lowest BCUT2D eigenvalue weighted by Gasteiger charge is -2.43. The second-order valence-corrected chi connectivity index (χ2v) is 8.98. The van der Waals surface area contributed by atoms with Gasteiger partial charge in [-0.2, -0.15) is 15.5 Å². The first-order valence-electron chi connectivity index (χ1n) is 10.6. The van der Waals surface area contributed by atoms with E-state index in [0.29, 0.717) is 10.6 Å². The summed E-state index contributed by atoms with van der Waals surface area (Å²) in [6.45, 7) is 3.76. The van der Waals surface area contributed by atoms with E-state index in [1.807, 2.05) is 67.6 Å². The van der Waals surface area contributed by atoms with Crippen molar-refractivity contribution in [3.8, 4) is 6.07 Å². The topological polar surface area (TPSA) is 74.8 Å². The predicted molar refractivity (Wildman–Crippen MR) is 127 cm³/mol. The van der Waals surface area contributed by atoms with Gasteiger partial charge < -0.3 is 4.74 Å². The van der Waals surface area contributed by atoms with Gasteiger partial charge in [0.25, 0.3) is 0 Å². The molecule has 0 saturated carbocycles. The van der Waals surface area contributed by atoms with Crippen molar-refractivity contribution in [1.82, 2.24) is 0 Å². The Morgan fingerprint density at radius 3 is 1.97 bits per heavy atom. The number of benzene rings is 3. The van der Waals surface area contributed by atoms with Gasteiger partial charge in [0.05, 0.1) is 13.2 Å². The molecule has 0 N–H and O–H groups in total. The van der Waals surface area contributed by atoms with Crippen LogP contribution in [0.3, 0.4) is 0 Å². The zero-order valence-electron chi connectivity index (χ0n) is 18.7. The van der Waals surface area contributed by atoms with Crippen molar-refractivity contribution in [3.63, 3.8) is 0 Å². The Labute approximate surface area is 198 Å². The second-order valence-electron chi connectivity index (χ2n) is 8.54. The molecule has 5 nitrogen and oxygen atoms in total. The van der Waals surface area contributed by atoms with Gasteiger partial charge in [-0.05, 0) is 42.7 Å². The van der Waals surface area contributed by atoms with Crippen molar-refractivity contribution >= 4 is 17.6 Å². The molecule has 33 heavy (non-hydrogen) atoms. The third kappa shape index (κ3) is 3.25. The van der Waals surface area contributed by atoms with Gasteiger partial charge in [-0.25, -0.2) is 0 Å². The van der Waals surface area contributed by atoms with E-state index in [-0.39, 0.29) is 0 Å². The lowest BCUT2D eigenvalue weighted by Crippen LogP contribution is -2.57. The van der Waals surface area contributed by atoms with Crippen molar-refractivity contribution in [2.24, 2.45) is 15.6 Å². The van der Waals surface area contributed by atoms with Gasteiger partial charge in [0.15, 0.2) is 0 Å². The number of azo groups is 1. The summed E-state index contributed by atoms with van der Waals surface area (Å²) in [7, 11) is 1.29. The highest BCUT2D eigenvalue weighted by atomic mass is 35.5. The maximum atomic E-state index is 13.6. The van der Waals surface area contributed by atoms with Gasteiger partial charge in [-0.3, -0.25) is 4.79 Å². The van der Waals surface area contributed by atoms with Crippen LogP contribution < -0.4 is 0 Å². The van der Waals surface area contributed by atoms with Crippen LogP contribution in [-0.2, 0) is 20.5 Å². The third-order valence-corrected chi connectivity index (χ3v) is 7.19. The maximum Gasteiger partial charge on any atom is 0.331 e. The molecule has 4 rings (SSSR count). The van der Waals surface area contributed by atoms with Gasteiger partial charge in [0, 0.05) is 10.4 Å². The minimum Gasteiger partial charge on any atom is -0.468 e. The van der Waals surface area contributed by atoms with E-state index in [9.17, 15) is 10.1 Å². The monoisotopic (exact) mass is 457 g/mol. The fourth-order valence-electron chi connectivity index (χ4n) is 4.95. The molecule has 0 spiro atoms. The Morgan fingerprint density at radius 1 is 1.00 bits per heavy atom. The highest BCUT2D eigenvalue weighted by molar-refractivity contribution is 6.30. The fourth-order valence-corrected chi connectivity index (χ4v) is 5.08. The molecule has 3 atom stereocenters. The average Bonchev–Trinajstić information content (AvgIpc) is 3.18. The molecule has 3 aromatic rings. The molecule has 166 valence electrons. The van der Waals surface area contributed by atoms with Gasteiger partial charge >= 0.3 is 5.97 Å². The maximum absolute atomic E-state index is 13.6. The largest absolute Gasteiger partial charge is 0.468 e. The zero-order chi connectivity index (χ0) is 23.7. The van der Waals surface area contributed by atoms with Gasteiger partial charge in [-0.1, -0.05) is 84.4 Å². The summed E-state index contributed by atoms with van der Waals surface area (Å²) in [4.78, 5) is 13.6. The number of carbonyl (C=O) groups excluding carboxylic acids is 1. The van der Waals surface area contributed by atoms with Crippen molar-refractivity contribution in [1.29, 1.82) is 5.26 Å². The number of rotatable bonds is 5. The number of hydrogen-bond donors (Lipinski definition) is 0. The third-order valence-electron chi connectivity index (χ3n) is 6.94. The van der Waals surface area contributed by atoms with Crippen LogP contribution in [0.4, 0.5) is 0 Å². The number of methoxy groups -OCH3 is 1.